The molecule has 0 bridgehead atoms. The number of aliphatic hydroxyl groups excluding tert-OH is 1. The first-order valence-electron chi connectivity index (χ1n) is 8.72. The second kappa shape index (κ2) is 7.67. The SMILES string of the molecule is CCNc1nc2c(c(=O)[nH]c(=O)n2C)n1C[C@@H](O)COc1ccccc1C. The van der Waals surface area contributed by atoms with Crippen LogP contribution >= 0.6 is 0 Å². The van der Waals surface area contributed by atoms with Crippen molar-refractivity contribution >= 4 is 17.1 Å². The minimum atomic E-state index is -0.879. The summed E-state index contributed by atoms with van der Waals surface area (Å²) in [6.45, 7) is 4.54. The van der Waals surface area contributed by atoms with E-state index < -0.39 is 17.4 Å². The lowest BCUT2D eigenvalue weighted by atomic mass is 10.2. The predicted octanol–water partition coefficient (Wildman–Crippen LogP) is 0.603. The van der Waals surface area contributed by atoms with Crippen LogP contribution in [0.25, 0.3) is 11.2 Å². The molecule has 9 nitrogen and oxygen atoms in total. The standard InChI is InChI=1S/C18H23N5O4/c1-4-19-17-20-15-14(16(25)21-18(26)22(15)3)23(17)9-12(24)10-27-13-8-6-5-7-11(13)2/h5-8,12,24H,4,9-10H2,1-3H3,(H,19,20)(H,21,25,26)/t12-/m1/s1. The normalized spacial score (nSPS) is 12.3. The van der Waals surface area contributed by atoms with Gasteiger partial charge in [0.05, 0.1) is 6.54 Å². The van der Waals surface area contributed by atoms with Crippen LogP contribution in [0.15, 0.2) is 33.9 Å². The fraction of sp³-hybridized carbons (Fsp3) is 0.389. The second-order valence-corrected chi connectivity index (χ2v) is 6.30. The van der Waals surface area contributed by atoms with Gasteiger partial charge in [-0.3, -0.25) is 14.3 Å². The maximum Gasteiger partial charge on any atom is 0.329 e. The first-order chi connectivity index (χ1) is 12.9. The van der Waals surface area contributed by atoms with Crippen LogP contribution < -0.4 is 21.3 Å². The van der Waals surface area contributed by atoms with Crippen LogP contribution in [-0.2, 0) is 13.6 Å². The highest BCUT2D eigenvalue weighted by molar-refractivity contribution is 5.74. The number of aryl methyl sites for hydroxylation is 2. The van der Waals surface area contributed by atoms with Gasteiger partial charge in [-0.25, -0.2) is 4.79 Å². The van der Waals surface area contributed by atoms with Crippen molar-refractivity contribution in [1.29, 1.82) is 0 Å². The maximum absolute atomic E-state index is 12.3. The number of aromatic nitrogens is 4. The van der Waals surface area contributed by atoms with Crippen LogP contribution in [0.2, 0.25) is 0 Å². The summed E-state index contributed by atoms with van der Waals surface area (Å²) in [5, 5.41) is 13.5. The number of ether oxygens (including phenoxy) is 1. The van der Waals surface area contributed by atoms with Crippen molar-refractivity contribution in [2.24, 2.45) is 7.05 Å². The number of H-pyrrole nitrogens is 1. The Labute approximate surface area is 155 Å². The smallest absolute Gasteiger partial charge is 0.329 e. The molecule has 0 unspecified atom stereocenters. The van der Waals surface area contributed by atoms with Gasteiger partial charge in [0.1, 0.15) is 18.5 Å². The Bertz CT molecular complexity index is 1070. The van der Waals surface area contributed by atoms with Crippen molar-refractivity contribution in [1.82, 2.24) is 19.1 Å². The summed E-state index contributed by atoms with van der Waals surface area (Å²) >= 11 is 0. The number of rotatable bonds is 7. The number of para-hydroxylation sites is 1. The Morgan fingerprint density at radius 1 is 1.33 bits per heavy atom. The molecule has 3 rings (SSSR count). The molecular formula is C18H23N5O4. The van der Waals surface area contributed by atoms with Crippen LogP contribution in [0.1, 0.15) is 12.5 Å². The highest BCUT2D eigenvalue weighted by atomic mass is 16.5. The molecule has 0 aliphatic heterocycles. The highest BCUT2D eigenvalue weighted by Gasteiger charge is 2.19. The van der Waals surface area contributed by atoms with Crippen LogP contribution in [0.5, 0.6) is 5.75 Å². The lowest BCUT2D eigenvalue weighted by Crippen LogP contribution is -2.31. The van der Waals surface area contributed by atoms with Gasteiger partial charge in [-0.15, -0.1) is 0 Å². The zero-order valence-corrected chi connectivity index (χ0v) is 15.5. The lowest BCUT2D eigenvalue weighted by molar-refractivity contribution is 0.0935. The summed E-state index contributed by atoms with van der Waals surface area (Å²) in [4.78, 5) is 30.8. The highest BCUT2D eigenvalue weighted by Crippen LogP contribution is 2.18. The largest absolute Gasteiger partial charge is 0.491 e. The van der Waals surface area contributed by atoms with Crippen molar-refractivity contribution in [3.8, 4) is 5.75 Å². The minimum absolute atomic E-state index is 0.0553. The molecule has 2 aromatic heterocycles. The Morgan fingerprint density at radius 2 is 2.07 bits per heavy atom. The fourth-order valence-corrected chi connectivity index (χ4v) is 2.87. The molecule has 1 atom stereocenters. The van der Waals surface area contributed by atoms with Crippen molar-refractivity contribution in [3.05, 3.63) is 50.7 Å². The predicted molar refractivity (Wildman–Crippen MR) is 102 cm³/mol. The van der Waals surface area contributed by atoms with Crippen molar-refractivity contribution in [2.75, 3.05) is 18.5 Å². The topological polar surface area (TPSA) is 114 Å². The molecule has 0 aliphatic rings. The molecule has 2 heterocycles. The van der Waals surface area contributed by atoms with E-state index in [1.165, 1.54) is 11.6 Å². The van der Waals surface area contributed by atoms with Gasteiger partial charge in [-0.1, -0.05) is 18.2 Å². The van der Waals surface area contributed by atoms with Crippen molar-refractivity contribution < 1.29 is 9.84 Å². The Kier molecular flexibility index (Phi) is 5.31. The van der Waals surface area contributed by atoms with E-state index in [9.17, 15) is 14.7 Å². The molecular weight excluding hydrogens is 350 g/mol. The molecule has 0 fully saturated rings. The number of anilines is 1. The molecule has 144 valence electrons. The van der Waals surface area contributed by atoms with Gasteiger partial charge < -0.3 is 19.7 Å². The van der Waals surface area contributed by atoms with Gasteiger partial charge in [0.2, 0.25) is 5.95 Å². The van der Waals surface area contributed by atoms with Crippen LogP contribution in [0.4, 0.5) is 5.95 Å². The third-order valence-electron chi connectivity index (χ3n) is 4.26. The Morgan fingerprint density at radius 3 is 2.78 bits per heavy atom. The van der Waals surface area contributed by atoms with E-state index in [0.717, 1.165) is 5.56 Å². The molecule has 27 heavy (non-hydrogen) atoms. The average molecular weight is 373 g/mol. The molecule has 0 aliphatic carbocycles. The Balaban J connectivity index is 1.90. The van der Waals surface area contributed by atoms with Crippen LogP contribution in [0.3, 0.4) is 0 Å². The lowest BCUT2D eigenvalue weighted by Gasteiger charge is -2.16. The van der Waals surface area contributed by atoms with Crippen LogP contribution in [-0.4, -0.2) is 43.5 Å². The van der Waals surface area contributed by atoms with Gasteiger partial charge in [0.15, 0.2) is 11.2 Å². The number of hydrogen-bond acceptors (Lipinski definition) is 6. The van der Waals surface area contributed by atoms with Crippen molar-refractivity contribution in [3.63, 3.8) is 0 Å². The minimum Gasteiger partial charge on any atom is -0.491 e. The molecule has 0 spiro atoms. The molecule has 0 saturated carbocycles. The van der Waals surface area contributed by atoms with E-state index in [2.05, 4.69) is 15.3 Å². The summed E-state index contributed by atoms with van der Waals surface area (Å²) in [5.41, 5.74) is 0.368. The maximum atomic E-state index is 12.3. The molecule has 3 N–H and O–H groups in total. The summed E-state index contributed by atoms with van der Waals surface area (Å²) in [5.74, 6) is 1.10. The van der Waals surface area contributed by atoms with Crippen LogP contribution in [0, 0.1) is 6.92 Å². The molecule has 0 saturated heterocycles. The zero-order valence-electron chi connectivity index (χ0n) is 15.5. The quantitative estimate of drug-likeness (QED) is 0.559. The first-order valence-corrected chi connectivity index (χ1v) is 8.72. The van der Waals surface area contributed by atoms with Gasteiger partial charge in [-0.2, -0.15) is 4.98 Å². The monoisotopic (exact) mass is 373 g/mol. The number of hydrogen-bond donors (Lipinski definition) is 3. The number of nitrogens with one attached hydrogen (secondary N) is 2. The number of fused-ring (bicyclic) bond motifs is 1. The summed E-state index contributed by atoms with van der Waals surface area (Å²) in [6, 6.07) is 7.53. The third-order valence-corrected chi connectivity index (χ3v) is 4.26. The van der Waals surface area contributed by atoms with E-state index >= 15 is 0 Å². The van der Waals surface area contributed by atoms with E-state index in [1.54, 1.807) is 4.57 Å². The number of benzene rings is 1. The van der Waals surface area contributed by atoms with Gasteiger partial charge in [-0.05, 0) is 25.5 Å². The van der Waals surface area contributed by atoms with Gasteiger partial charge in [0, 0.05) is 13.6 Å². The Hall–Kier alpha value is -3.07. The third kappa shape index (κ3) is 3.72. The fourth-order valence-electron chi connectivity index (χ4n) is 2.87. The first kappa shape index (κ1) is 18.7. The average Bonchev–Trinajstić information content (AvgIpc) is 2.98. The van der Waals surface area contributed by atoms with E-state index in [-0.39, 0.29) is 24.3 Å². The summed E-state index contributed by atoms with van der Waals surface area (Å²) in [7, 11) is 1.53. The van der Waals surface area contributed by atoms with E-state index in [1.807, 2.05) is 38.1 Å². The van der Waals surface area contributed by atoms with Gasteiger partial charge in [0.25, 0.3) is 5.56 Å². The molecule has 9 heteroatoms. The van der Waals surface area contributed by atoms with Crippen molar-refractivity contribution in [2.45, 2.75) is 26.5 Å². The molecule has 0 radical (unpaired) electrons. The van der Waals surface area contributed by atoms with E-state index in [4.69, 9.17) is 4.74 Å². The number of aliphatic hydroxyl groups is 1. The number of imidazole rings is 1. The summed E-state index contributed by atoms with van der Waals surface area (Å²) < 4.78 is 8.53. The molecule has 1 aromatic carbocycles. The zero-order chi connectivity index (χ0) is 19.6. The number of nitrogens with zero attached hydrogens (tertiary/aromatic N) is 3. The second-order valence-electron chi connectivity index (χ2n) is 6.30. The van der Waals surface area contributed by atoms with Gasteiger partial charge >= 0.3 is 5.69 Å². The molecule has 3 aromatic rings. The number of aromatic amines is 1. The summed E-state index contributed by atoms with van der Waals surface area (Å²) in [6.07, 6.45) is -0.879. The molecule has 0 amide bonds. The van der Waals surface area contributed by atoms with E-state index in [0.29, 0.717) is 18.2 Å².